The number of benzene rings is 1. The number of hydrogen-bond donors (Lipinski definition) is 2. The minimum atomic E-state index is 0.149. The smallest absolute Gasteiger partial charge is 0.221 e. The molecular formula is C17H28N2O. The molecule has 0 fully saturated rings. The molecule has 1 atom stereocenters. The molecule has 1 amide bonds. The highest BCUT2D eigenvalue weighted by molar-refractivity contribution is 5.76. The lowest BCUT2D eigenvalue weighted by Crippen LogP contribution is -2.34. The van der Waals surface area contributed by atoms with E-state index >= 15 is 0 Å². The SMILES string of the molecule is CCC(C)NC(=O)CCNCCCCc1ccccc1. The van der Waals surface area contributed by atoms with Crippen molar-refractivity contribution in [2.24, 2.45) is 0 Å². The number of amides is 1. The van der Waals surface area contributed by atoms with E-state index in [1.54, 1.807) is 0 Å². The zero-order valence-electron chi connectivity index (χ0n) is 12.8. The van der Waals surface area contributed by atoms with E-state index in [2.05, 4.69) is 47.9 Å². The summed E-state index contributed by atoms with van der Waals surface area (Å²) in [6, 6.07) is 10.9. The largest absolute Gasteiger partial charge is 0.354 e. The number of carbonyl (C=O) groups is 1. The number of unbranched alkanes of at least 4 members (excludes halogenated alkanes) is 1. The predicted octanol–water partition coefficient (Wildman–Crippen LogP) is 2.90. The van der Waals surface area contributed by atoms with E-state index in [-0.39, 0.29) is 11.9 Å². The van der Waals surface area contributed by atoms with Gasteiger partial charge in [-0.2, -0.15) is 0 Å². The van der Waals surface area contributed by atoms with E-state index in [9.17, 15) is 4.79 Å². The minimum Gasteiger partial charge on any atom is -0.354 e. The normalized spacial score (nSPS) is 12.1. The maximum Gasteiger partial charge on any atom is 0.221 e. The average Bonchev–Trinajstić information content (AvgIpc) is 2.47. The number of nitrogens with one attached hydrogen (secondary N) is 2. The van der Waals surface area contributed by atoms with Crippen LogP contribution in [0.25, 0.3) is 0 Å². The first-order valence-electron chi connectivity index (χ1n) is 7.76. The topological polar surface area (TPSA) is 41.1 Å². The van der Waals surface area contributed by atoms with Crippen molar-refractivity contribution in [3.63, 3.8) is 0 Å². The van der Waals surface area contributed by atoms with Gasteiger partial charge in [-0.3, -0.25) is 4.79 Å². The summed E-state index contributed by atoms with van der Waals surface area (Å²) in [6.45, 7) is 5.88. The number of hydrogen-bond acceptors (Lipinski definition) is 2. The summed E-state index contributed by atoms with van der Waals surface area (Å²) in [6.07, 6.45) is 5.04. The van der Waals surface area contributed by atoms with Crippen LogP contribution in [0.3, 0.4) is 0 Å². The lowest BCUT2D eigenvalue weighted by atomic mass is 10.1. The fourth-order valence-electron chi connectivity index (χ4n) is 2.00. The highest BCUT2D eigenvalue weighted by Gasteiger charge is 2.04. The van der Waals surface area contributed by atoms with E-state index in [0.717, 1.165) is 32.4 Å². The van der Waals surface area contributed by atoms with Crippen molar-refractivity contribution in [1.29, 1.82) is 0 Å². The van der Waals surface area contributed by atoms with Gasteiger partial charge in [0.2, 0.25) is 5.91 Å². The summed E-state index contributed by atoms with van der Waals surface area (Å²) in [5.41, 5.74) is 1.40. The molecular weight excluding hydrogens is 248 g/mol. The molecule has 1 rings (SSSR count). The third-order valence-electron chi connectivity index (χ3n) is 3.46. The fraction of sp³-hybridized carbons (Fsp3) is 0.588. The predicted molar refractivity (Wildman–Crippen MR) is 84.8 cm³/mol. The molecule has 112 valence electrons. The highest BCUT2D eigenvalue weighted by atomic mass is 16.1. The van der Waals surface area contributed by atoms with Crippen LogP contribution >= 0.6 is 0 Å². The summed E-state index contributed by atoms with van der Waals surface area (Å²) in [5.74, 6) is 0.149. The zero-order valence-corrected chi connectivity index (χ0v) is 12.8. The summed E-state index contributed by atoms with van der Waals surface area (Å²) in [4.78, 5) is 11.5. The lowest BCUT2D eigenvalue weighted by Gasteiger charge is -2.11. The Morgan fingerprint density at radius 3 is 2.60 bits per heavy atom. The van der Waals surface area contributed by atoms with Crippen molar-refractivity contribution < 1.29 is 4.79 Å². The molecule has 0 aliphatic carbocycles. The van der Waals surface area contributed by atoms with Crippen LogP contribution in [0.5, 0.6) is 0 Å². The third kappa shape index (κ3) is 7.95. The number of rotatable bonds is 10. The molecule has 3 heteroatoms. The van der Waals surface area contributed by atoms with E-state index in [1.165, 1.54) is 12.0 Å². The van der Waals surface area contributed by atoms with E-state index in [4.69, 9.17) is 0 Å². The fourth-order valence-corrected chi connectivity index (χ4v) is 2.00. The Labute approximate surface area is 123 Å². The van der Waals surface area contributed by atoms with Crippen LogP contribution in [0, 0.1) is 0 Å². The maximum atomic E-state index is 11.5. The number of aryl methyl sites for hydroxylation is 1. The van der Waals surface area contributed by atoms with Crippen LogP contribution in [-0.2, 0) is 11.2 Å². The minimum absolute atomic E-state index is 0.149. The summed E-state index contributed by atoms with van der Waals surface area (Å²) in [7, 11) is 0. The van der Waals surface area contributed by atoms with Crippen LogP contribution in [0.15, 0.2) is 30.3 Å². The zero-order chi connectivity index (χ0) is 14.6. The Hall–Kier alpha value is -1.35. The average molecular weight is 276 g/mol. The third-order valence-corrected chi connectivity index (χ3v) is 3.46. The second-order valence-electron chi connectivity index (χ2n) is 5.32. The summed E-state index contributed by atoms with van der Waals surface area (Å²) >= 11 is 0. The van der Waals surface area contributed by atoms with Gasteiger partial charge in [-0.1, -0.05) is 37.3 Å². The molecule has 0 aliphatic rings. The lowest BCUT2D eigenvalue weighted by molar-refractivity contribution is -0.121. The molecule has 0 aromatic heterocycles. The Kier molecular flexibility index (Phi) is 8.72. The molecule has 0 heterocycles. The van der Waals surface area contributed by atoms with Gasteiger partial charge in [0.15, 0.2) is 0 Å². The Morgan fingerprint density at radius 2 is 1.90 bits per heavy atom. The van der Waals surface area contributed by atoms with Gasteiger partial charge in [-0.25, -0.2) is 0 Å². The van der Waals surface area contributed by atoms with Gasteiger partial charge in [-0.05, 0) is 44.7 Å². The van der Waals surface area contributed by atoms with Crippen molar-refractivity contribution in [1.82, 2.24) is 10.6 Å². The van der Waals surface area contributed by atoms with Crippen LogP contribution in [0.1, 0.15) is 45.1 Å². The summed E-state index contributed by atoms with van der Waals surface area (Å²) in [5, 5.41) is 6.31. The first-order valence-corrected chi connectivity index (χ1v) is 7.76. The van der Waals surface area contributed by atoms with Crippen LogP contribution in [-0.4, -0.2) is 25.0 Å². The molecule has 0 bridgehead atoms. The van der Waals surface area contributed by atoms with Crippen LogP contribution in [0.4, 0.5) is 0 Å². The molecule has 1 aromatic carbocycles. The van der Waals surface area contributed by atoms with Gasteiger partial charge in [0.25, 0.3) is 0 Å². The van der Waals surface area contributed by atoms with Gasteiger partial charge in [0.1, 0.15) is 0 Å². The quantitative estimate of drug-likeness (QED) is 0.645. The molecule has 1 aromatic rings. The van der Waals surface area contributed by atoms with Gasteiger partial charge >= 0.3 is 0 Å². The molecule has 1 unspecified atom stereocenters. The van der Waals surface area contributed by atoms with Crippen molar-refractivity contribution in [2.45, 2.75) is 52.0 Å². The second-order valence-corrected chi connectivity index (χ2v) is 5.32. The Balaban J connectivity index is 1.93. The monoisotopic (exact) mass is 276 g/mol. The van der Waals surface area contributed by atoms with Crippen molar-refractivity contribution >= 4 is 5.91 Å². The number of carbonyl (C=O) groups excluding carboxylic acids is 1. The standard InChI is InChI=1S/C17H28N2O/c1-3-15(2)19-17(20)12-14-18-13-8-7-11-16-9-5-4-6-10-16/h4-6,9-10,15,18H,3,7-8,11-14H2,1-2H3,(H,19,20). The molecule has 20 heavy (non-hydrogen) atoms. The van der Waals surface area contributed by atoms with Gasteiger partial charge in [-0.15, -0.1) is 0 Å². The van der Waals surface area contributed by atoms with Crippen LogP contribution in [0.2, 0.25) is 0 Å². The van der Waals surface area contributed by atoms with Gasteiger partial charge in [0.05, 0.1) is 0 Å². The second kappa shape index (κ2) is 10.4. The van der Waals surface area contributed by atoms with E-state index in [1.807, 2.05) is 6.92 Å². The van der Waals surface area contributed by atoms with Crippen molar-refractivity contribution in [3.05, 3.63) is 35.9 Å². The molecule has 0 spiro atoms. The van der Waals surface area contributed by atoms with Crippen molar-refractivity contribution in [3.8, 4) is 0 Å². The molecule has 2 N–H and O–H groups in total. The van der Waals surface area contributed by atoms with Crippen LogP contribution < -0.4 is 10.6 Å². The van der Waals surface area contributed by atoms with E-state index < -0.39 is 0 Å². The maximum absolute atomic E-state index is 11.5. The molecule has 0 radical (unpaired) electrons. The van der Waals surface area contributed by atoms with E-state index in [0.29, 0.717) is 6.42 Å². The first-order chi connectivity index (χ1) is 9.72. The molecule has 0 aliphatic heterocycles. The van der Waals surface area contributed by atoms with Crippen molar-refractivity contribution in [2.75, 3.05) is 13.1 Å². The Bertz CT molecular complexity index is 365. The summed E-state index contributed by atoms with van der Waals surface area (Å²) < 4.78 is 0. The Morgan fingerprint density at radius 1 is 1.15 bits per heavy atom. The molecule has 3 nitrogen and oxygen atoms in total. The highest BCUT2D eigenvalue weighted by Crippen LogP contribution is 2.03. The molecule has 0 saturated heterocycles. The van der Waals surface area contributed by atoms with Gasteiger partial charge in [0, 0.05) is 19.0 Å². The first kappa shape index (κ1) is 16.7. The van der Waals surface area contributed by atoms with Gasteiger partial charge < -0.3 is 10.6 Å². The molecule has 0 saturated carbocycles.